The number of hydrogen-bond acceptors (Lipinski definition) is 4. The molecule has 1 heterocycles. The molecule has 4 nitrogen and oxygen atoms in total. The topological polar surface area (TPSA) is 51.2 Å². The third-order valence-electron chi connectivity index (χ3n) is 2.06. The molecule has 1 N–H and O–H groups in total. The van der Waals surface area contributed by atoms with Crippen molar-refractivity contribution in [2.45, 2.75) is 85.7 Å². The minimum absolute atomic E-state index is 0. The molecule has 0 spiro atoms. The van der Waals surface area contributed by atoms with Crippen LogP contribution in [0.25, 0.3) is 0 Å². The molecule has 0 unspecified atom stereocenters. The van der Waals surface area contributed by atoms with Crippen molar-refractivity contribution >= 4 is 46.5 Å². The Bertz CT molecular complexity index is 351. The Hall–Kier alpha value is -0.301. The van der Waals surface area contributed by atoms with Gasteiger partial charge in [-0.05, 0) is 20.8 Å². The van der Waals surface area contributed by atoms with Gasteiger partial charge in [0.15, 0.2) is 5.13 Å². The van der Waals surface area contributed by atoms with Crippen LogP contribution >= 0.6 is 11.3 Å². The monoisotopic (exact) mass is 490 g/mol. The number of unbranched alkanes of at least 4 members (excludes halogenated alkanes) is 3. The average molecular weight is 489 g/mol. The third-order valence-corrected chi connectivity index (χ3v) is 2.68. The number of rotatable bonds is 4. The summed E-state index contributed by atoms with van der Waals surface area (Å²) in [4.78, 5) is 15.0. The molecule has 6 heteroatoms. The van der Waals surface area contributed by atoms with Crippen molar-refractivity contribution in [1.29, 1.82) is 0 Å². The van der Waals surface area contributed by atoms with Crippen molar-refractivity contribution < 1.29 is 9.53 Å². The molecule has 0 saturated carbocycles. The molecule has 1 aromatic rings. The van der Waals surface area contributed by atoms with E-state index in [1.807, 2.05) is 0 Å². The summed E-state index contributed by atoms with van der Waals surface area (Å²) >= 11 is 1.23. The van der Waals surface area contributed by atoms with Crippen LogP contribution in [0.15, 0.2) is 6.20 Å². The third kappa shape index (κ3) is 34.9. The maximum absolute atomic E-state index is 11.1. The fourth-order valence-corrected chi connectivity index (χ4v) is 1.10. The smallest absolute Gasteiger partial charge is 0.413 e. The number of amides is 1. The van der Waals surface area contributed by atoms with Gasteiger partial charge in [-0.3, -0.25) is 5.32 Å². The molecule has 8 radical (unpaired) electrons. The van der Waals surface area contributed by atoms with Crippen LogP contribution in [-0.4, -0.2) is 40.6 Å². The fraction of sp³-hybridized carbons (Fsp3) is 0.650. The van der Waals surface area contributed by atoms with Crippen LogP contribution in [-0.2, 0) is 4.74 Å². The molecule has 0 atom stereocenters. The van der Waals surface area contributed by atoms with Crippen LogP contribution in [0.2, 0.25) is 0 Å². The van der Waals surface area contributed by atoms with Crippen molar-refractivity contribution in [3.05, 3.63) is 32.3 Å². The Kier molecular flexibility index (Phi) is 31.6. The summed E-state index contributed by atoms with van der Waals surface area (Å²) in [5, 5.41) is 5.75. The number of thiazole rings is 1. The predicted molar refractivity (Wildman–Crippen MR) is 117 cm³/mol. The zero-order valence-corrected chi connectivity index (χ0v) is 21.3. The van der Waals surface area contributed by atoms with Crippen LogP contribution in [0.4, 0.5) is 9.93 Å². The molecule has 0 aliphatic heterocycles. The maximum atomic E-state index is 11.1. The van der Waals surface area contributed by atoms with E-state index in [0.29, 0.717) is 5.13 Å². The van der Waals surface area contributed by atoms with Gasteiger partial charge in [0.05, 0.1) is 5.38 Å². The summed E-state index contributed by atoms with van der Waals surface area (Å²) < 4.78 is 5.01. The van der Waals surface area contributed by atoms with E-state index in [2.05, 4.69) is 57.2 Å². The summed E-state index contributed by atoms with van der Waals surface area (Å²) in [5.41, 5.74) is -0.481. The normalized spacial score (nSPS) is 8.96. The Morgan fingerprint density at radius 2 is 1.50 bits per heavy atom. The first-order chi connectivity index (χ1) is 11.7. The average Bonchev–Trinajstić information content (AvgIpc) is 3.06. The van der Waals surface area contributed by atoms with Gasteiger partial charge >= 0.3 is 6.09 Å². The van der Waals surface area contributed by atoms with Crippen LogP contribution < -0.4 is 5.32 Å². The first kappa shape index (κ1) is 33.3. The van der Waals surface area contributed by atoms with E-state index >= 15 is 0 Å². The van der Waals surface area contributed by atoms with E-state index in [1.165, 1.54) is 36.8 Å². The Balaban J connectivity index is -0.000000155. The van der Waals surface area contributed by atoms with Crippen LogP contribution in [0, 0.1) is 26.2 Å². The number of ether oxygens (including phenoxy) is 1. The summed E-state index contributed by atoms with van der Waals surface area (Å²) in [6.07, 6.45) is 7.84. The second-order valence-electron chi connectivity index (χ2n) is 5.97. The van der Waals surface area contributed by atoms with Crippen molar-refractivity contribution in [2.24, 2.45) is 0 Å². The van der Waals surface area contributed by atoms with E-state index in [4.69, 9.17) is 4.74 Å². The van der Waals surface area contributed by atoms with Gasteiger partial charge in [0.2, 0.25) is 0 Å². The quantitative estimate of drug-likeness (QED) is 0.475. The van der Waals surface area contributed by atoms with Gasteiger partial charge in [-0.1, -0.05) is 91.4 Å². The number of carbonyl (C=O) groups is 1. The summed E-state index contributed by atoms with van der Waals surface area (Å²) in [6, 6.07) is 0. The van der Waals surface area contributed by atoms with E-state index in [0.717, 1.165) is 19.3 Å². The number of hydrogen-bond donors (Lipinski definition) is 1. The summed E-state index contributed by atoms with van der Waals surface area (Å²) in [6.45, 7) is 22.6. The molecule has 150 valence electrons. The number of carbonyl (C=O) groups excluding carboxylic acids is 1. The van der Waals surface area contributed by atoms with Gasteiger partial charge < -0.3 is 4.74 Å². The van der Waals surface area contributed by atoms with Gasteiger partial charge in [-0.15, -0.1) is 0 Å². The second kappa shape index (κ2) is 24.7. The second-order valence-corrected chi connectivity index (χ2v) is 6.80. The van der Waals surface area contributed by atoms with E-state index < -0.39 is 11.7 Å². The van der Waals surface area contributed by atoms with Gasteiger partial charge in [0.25, 0.3) is 0 Å². The number of nitrogens with one attached hydrogen (secondary N) is 1. The molecule has 0 bridgehead atoms. The van der Waals surface area contributed by atoms with E-state index in [-0.39, 0.29) is 23.9 Å². The number of aromatic nitrogens is 1. The SMILES string of the molecule is CC(C)(C)OC(=O)Nc1nc[c]s1.[CH2]CCC.[CH2]CCC.[CH2]CCC.[Sn]. The minimum atomic E-state index is -0.490. The molecular weight excluding hydrogens is 451 g/mol. The molecule has 0 aliphatic carbocycles. The Morgan fingerprint density at radius 3 is 1.73 bits per heavy atom. The van der Waals surface area contributed by atoms with Crippen molar-refractivity contribution in [1.82, 2.24) is 4.98 Å². The first-order valence-electron chi connectivity index (χ1n) is 8.91. The molecule has 0 saturated heterocycles. The molecule has 0 fully saturated rings. The van der Waals surface area contributed by atoms with Crippen LogP contribution in [0.5, 0.6) is 0 Å². The molecule has 0 aliphatic rings. The van der Waals surface area contributed by atoms with Gasteiger partial charge in [0.1, 0.15) is 5.60 Å². The Labute approximate surface area is 183 Å². The standard InChI is InChI=1S/C8H11N2O2S.3C4H9.Sn/c1-8(2,3)12-7(11)10-6-9-4-5-13-6;3*1-3-4-2;/h4H,1-3H3,(H,9,10,11);3*1,3-4H2,2H3;. The molecular formula is C20H38N2O2SSn. The maximum Gasteiger partial charge on any atom is 0.413 e. The number of nitrogens with zero attached hydrogens (tertiary/aromatic N) is 1. The van der Waals surface area contributed by atoms with Gasteiger partial charge in [-0.25, -0.2) is 9.78 Å². The predicted octanol–water partition coefficient (Wildman–Crippen LogP) is 6.77. The van der Waals surface area contributed by atoms with Crippen LogP contribution in [0.3, 0.4) is 0 Å². The largest absolute Gasteiger partial charge is 0.444 e. The molecule has 1 rings (SSSR count). The zero-order chi connectivity index (χ0) is 20.1. The van der Waals surface area contributed by atoms with E-state index in [9.17, 15) is 4.79 Å². The van der Waals surface area contributed by atoms with Crippen molar-refractivity contribution in [3.8, 4) is 0 Å². The first-order valence-corrected chi connectivity index (χ1v) is 9.73. The molecule has 1 amide bonds. The van der Waals surface area contributed by atoms with Crippen LogP contribution in [0.1, 0.15) is 80.1 Å². The summed E-state index contributed by atoms with van der Waals surface area (Å²) in [7, 11) is 0. The van der Waals surface area contributed by atoms with Crippen molar-refractivity contribution in [3.63, 3.8) is 0 Å². The van der Waals surface area contributed by atoms with Gasteiger partial charge in [-0.2, -0.15) is 0 Å². The fourth-order valence-electron chi connectivity index (χ4n) is 0.642. The molecule has 26 heavy (non-hydrogen) atoms. The number of anilines is 1. The van der Waals surface area contributed by atoms with Crippen molar-refractivity contribution in [2.75, 3.05) is 5.32 Å². The zero-order valence-electron chi connectivity index (χ0n) is 17.6. The molecule has 1 aromatic heterocycles. The molecule has 0 aromatic carbocycles. The minimum Gasteiger partial charge on any atom is -0.444 e. The Morgan fingerprint density at radius 1 is 1.12 bits per heavy atom. The summed E-state index contributed by atoms with van der Waals surface area (Å²) in [5.74, 6) is 0. The van der Waals surface area contributed by atoms with E-state index in [1.54, 1.807) is 20.8 Å². The van der Waals surface area contributed by atoms with Gasteiger partial charge in [0, 0.05) is 30.1 Å².